The highest BCUT2D eigenvalue weighted by Crippen LogP contribution is 2.33. The standard InChI is InChI=1S/C27H32N6O6/c1-27(2,3)39-26(38)31-11-9-17(10-12-31)32-15-16(14-29-32)13-28-19-6-4-5-18-22(19)25(37)33(24(18)36)20-7-8-21(34)30-23(20)35/h4-6,14-15,17,20,28H,7-13H2,1-3H3,(H,30,34,35)/i20D. The lowest BCUT2D eigenvalue weighted by atomic mass is 10.0. The van der Waals surface area contributed by atoms with E-state index in [-0.39, 0.29) is 36.1 Å². The van der Waals surface area contributed by atoms with Crippen molar-refractivity contribution >= 4 is 35.4 Å². The van der Waals surface area contributed by atoms with Crippen LogP contribution in [0.5, 0.6) is 0 Å². The van der Waals surface area contributed by atoms with Crippen molar-refractivity contribution in [3.8, 4) is 0 Å². The summed E-state index contributed by atoms with van der Waals surface area (Å²) in [6.45, 7) is 6.98. The normalized spacial score (nSPS) is 22.5. The molecule has 0 spiro atoms. The molecule has 12 heteroatoms. The van der Waals surface area contributed by atoms with E-state index in [1.54, 1.807) is 23.2 Å². The van der Waals surface area contributed by atoms with Crippen LogP contribution in [-0.2, 0) is 20.9 Å². The van der Waals surface area contributed by atoms with Gasteiger partial charge in [0.15, 0.2) is 0 Å². The van der Waals surface area contributed by atoms with Crippen LogP contribution in [-0.4, -0.2) is 74.0 Å². The monoisotopic (exact) mass is 537 g/mol. The molecule has 1 aromatic heterocycles. The maximum Gasteiger partial charge on any atom is 0.410 e. The van der Waals surface area contributed by atoms with Crippen LogP contribution < -0.4 is 10.6 Å². The summed E-state index contributed by atoms with van der Waals surface area (Å²) in [7, 11) is 0. The Kier molecular flexibility index (Phi) is 6.53. The van der Waals surface area contributed by atoms with E-state index in [1.165, 1.54) is 6.07 Å². The van der Waals surface area contributed by atoms with Crippen molar-refractivity contribution in [3.05, 3.63) is 47.3 Å². The summed E-state index contributed by atoms with van der Waals surface area (Å²) >= 11 is 0. The van der Waals surface area contributed by atoms with Gasteiger partial charge in [0, 0.05) is 43.5 Å². The summed E-state index contributed by atoms with van der Waals surface area (Å²) in [6, 6.07) is 2.70. The number of likely N-dealkylation sites (tertiary alicyclic amines) is 1. The highest BCUT2D eigenvalue weighted by atomic mass is 16.6. The number of benzene rings is 1. The number of ether oxygens (including phenoxy) is 1. The van der Waals surface area contributed by atoms with E-state index in [2.05, 4.69) is 15.7 Å². The molecule has 0 saturated carbocycles. The van der Waals surface area contributed by atoms with Crippen molar-refractivity contribution in [2.45, 2.75) is 70.7 Å². The zero-order chi connectivity index (χ0) is 28.8. The minimum atomic E-state index is -2.20. The molecular weight excluding hydrogens is 504 g/mol. The Hall–Kier alpha value is -4.22. The first-order valence-electron chi connectivity index (χ1n) is 13.5. The molecule has 2 saturated heterocycles. The van der Waals surface area contributed by atoms with Crippen LogP contribution in [0.1, 0.15) is 80.1 Å². The molecule has 3 aliphatic rings. The van der Waals surface area contributed by atoms with Crippen LogP contribution in [0.15, 0.2) is 30.6 Å². The van der Waals surface area contributed by atoms with Gasteiger partial charge in [0.05, 0.1) is 24.7 Å². The molecule has 0 radical (unpaired) electrons. The molecular formula is C27H32N6O6. The van der Waals surface area contributed by atoms with E-state index in [9.17, 15) is 24.0 Å². The summed E-state index contributed by atoms with van der Waals surface area (Å²) < 4.78 is 15.9. The second-order valence-electron chi connectivity index (χ2n) is 10.9. The highest BCUT2D eigenvalue weighted by molar-refractivity contribution is 6.25. The van der Waals surface area contributed by atoms with E-state index in [0.29, 0.717) is 30.2 Å². The first-order valence-corrected chi connectivity index (χ1v) is 13.0. The largest absolute Gasteiger partial charge is 0.444 e. The zero-order valence-electron chi connectivity index (χ0n) is 23.2. The third kappa shape index (κ3) is 5.36. The average molecular weight is 538 g/mol. The number of hydrogen-bond donors (Lipinski definition) is 2. The van der Waals surface area contributed by atoms with Crippen LogP contribution in [0, 0.1) is 0 Å². The van der Waals surface area contributed by atoms with E-state index in [0.717, 1.165) is 18.4 Å². The van der Waals surface area contributed by atoms with Crippen LogP contribution in [0.3, 0.4) is 0 Å². The molecule has 12 nitrogen and oxygen atoms in total. The van der Waals surface area contributed by atoms with Gasteiger partial charge in [-0.3, -0.25) is 34.1 Å². The Morgan fingerprint density at radius 2 is 1.90 bits per heavy atom. The summed E-state index contributed by atoms with van der Waals surface area (Å²) in [5, 5.41) is 9.74. The van der Waals surface area contributed by atoms with Crippen molar-refractivity contribution in [1.29, 1.82) is 0 Å². The minimum Gasteiger partial charge on any atom is -0.444 e. The quantitative estimate of drug-likeness (QED) is 0.554. The lowest BCUT2D eigenvalue weighted by Crippen LogP contribution is -2.54. The summed E-state index contributed by atoms with van der Waals surface area (Å²) in [5.74, 6) is -3.03. The lowest BCUT2D eigenvalue weighted by molar-refractivity contribution is -0.136. The van der Waals surface area contributed by atoms with Crippen LogP contribution >= 0.6 is 0 Å². The van der Waals surface area contributed by atoms with Gasteiger partial charge in [-0.05, 0) is 52.2 Å². The summed E-state index contributed by atoms with van der Waals surface area (Å²) in [4.78, 5) is 65.2. The fourth-order valence-electron chi connectivity index (χ4n) is 5.00. The number of imide groups is 2. The van der Waals surface area contributed by atoms with Crippen LogP contribution in [0.4, 0.5) is 10.5 Å². The Morgan fingerprint density at radius 3 is 2.59 bits per heavy atom. The Labute approximate surface area is 227 Å². The van der Waals surface area contributed by atoms with Gasteiger partial charge in [0.1, 0.15) is 11.6 Å². The van der Waals surface area contributed by atoms with Gasteiger partial charge in [-0.25, -0.2) is 4.79 Å². The molecule has 39 heavy (non-hydrogen) atoms. The van der Waals surface area contributed by atoms with E-state index in [4.69, 9.17) is 6.11 Å². The highest BCUT2D eigenvalue weighted by Gasteiger charge is 2.45. The van der Waals surface area contributed by atoms with Crippen LogP contribution in [0.25, 0.3) is 0 Å². The fraction of sp³-hybridized carbons (Fsp3) is 0.481. The number of aromatic nitrogens is 2. The molecule has 2 aromatic rings. The Morgan fingerprint density at radius 1 is 1.15 bits per heavy atom. The summed E-state index contributed by atoms with van der Waals surface area (Å²) in [5.41, 5.74) is 0.889. The van der Waals surface area contributed by atoms with Gasteiger partial charge in [0.2, 0.25) is 11.8 Å². The van der Waals surface area contributed by atoms with E-state index < -0.39 is 35.2 Å². The minimum absolute atomic E-state index is 0.0886. The number of amides is 5. The molecule has 2 fully saturated rings. The average Bonchev–Trinajstić information content (AvgIpc) is 3.47. The molecule has 5 amide bonds. The van der Waals surface area contributed by atoms with Crippen molar-refractivity contribution in [3.63, 3.8) is 0 Å². The maximum absolute atomic E-state index is 13.4. The number of carbonyl (C=O) groups excluding carboxylic acids is 5. The molecule has 1 aromatic carbocycles. The van der Waals surface area contributed by atoms with Crippen LogP contribution in [0.2, 0.25) is 0 Å². The first-order chi connectivity index (χ1) is 18.9. The molecule has 2 N–H and O–H groups in total. The van der Waals surface area contributed by atoms with Gasteiger partial charge in [-0.2, -0.15) is 5.10 Å². The SMILES string of the molecule is [2H]C1(N2C(=O)c3cccc(NCc4cnn(C5CCN(C(=O)OC(C)(C)C)CC5)c4)c3C2=O)CCC(=O)NC1=O. The number of fused-ring (bicyclic) bond motifs is 1. The third-order valence-corrected chi connectivity index (χ3v) is 6.92. The van der Waals surface area contributed by atoms with E-state index in [1.807, 2.05) is 31.6 Å². The van der Waals surface area contributed by atoms with Gasteiger partial charge < -0.3 is 15.0 Å². The molecule has 4 heterocycles. The molecule has 0 aliphatic carbocycles. The number of anilines is 1. The smallest absolute Gasteiger partial charge is 0.410 e. The topological polar surface area (TPSA) is 143 Å². The van der Waals surface area contributed by atoms with Crippen molar-refractivity contribution in [2.24, 2.45) is 0 Å². The maximum atomic E-state index is 13.4. The van der Waals surface area contributed by atoms with Crippen molar-refractivity contribution in [1.82, 2.24) is 24.9 Å². The second kappa shape index (κ2) is 10.2. The van der Waals surface area contributed by atoms with Gasteiger partial charge in [-0.15, -0.1) is 0 Å². The fourth-order valence-corrected chi connectivity index (χ4v) is 5.00. The van der Waals surface area contributed by atoms with Gasteiger partial charge in [0.25, 0.3) is 11.8 Å². The van der Waals surface area contributed by atoms with Gasteiger partial charge >= 0.3 is 6.09 Å². The Bertz CT molecular complexity index is 1390. The molecule has 1 atom stereocenters. The lowest BCUT2D eigenvalue weighted by Gasteiger charge is -2.33. The zero-order valence-corrected chi connectivity index (χ0v) is 22.2. The molecule has 0 bridgehead atoms. The number of hydrogen-bond acceptors (Lipinski definition) is 8. The molecule has 3 aliphatic heterocycles. The predicted molar refractivity (Wildman–Crippen MR) is 139 cm³/mol. The Balaban J connectivity index is 1.24. The van der Waals surface area contributed by atoms with Gasteiger partial charge in [-0.1, -0.05) is 6.07 Å². The predicted octanol–water partition coefficient (Wildman–Crippen LogP) is 2.47. The third-order valence-electron chi connectivity index (χ3n) is 6.92. The molecule has 5 rings (SSSR count). The van der Waals surface area contributed by atoms with Crippen molar-refractivity contribution in [2.75, 3.05) is 18.4 Å². The molecule has 1 unspecified atom stereocenters. The number of nitrogens with zero attached hydrogens (tertiary/aromatic N) is 4. The second-order valence-corrected chi connectivity index (χ2v) is 10.9. The van der Waals surface area contributed by atoms with E-state index >= 15 is 0 Å². The number of carbonyl (C=O) groups is 5. The molecule has 206 valence electrons. The number of nitrogens with one attached hydrogen (secondary N) is 2. The summed E-state index contributed by atoms with van der Waals surface area (Å²) in [6.07, 6.45) is 4.39. The number of rotatable bonds is 5. The first kappa shape index (κ1) is 25.1. The number of piperidine rings is 2. The van der Waals surface area contributed by atoms with Crippen molar-refractivity contribution < 1.29 is 30.1 Å².